The van der Waals surface area contributed by atoms with E-state index < -0.39 is 0 Å². The normalized spacial score (nSPS) is 17.1. The summed E-state index contributed by atoms with van der Waals surface area (Å²) in [6.45, 7) is 21.5. The lowest BCUT2D eigenvalue weighted by Crippen LogP contribution is -2.60. The molecule has 0 fully saturated rings. The van der Waals surface area contributed by atoms with Crippen molar-refractivity contribution in [3.63, 3.8) is 0 Å². The Morgan fingerprint density at radius 3 is 2.06 bits per heavy atom. The number of anilines is 2. The number of thiophene rings is 1. The average Bonchev–Trinajstić information content (AvgIpc) is 4.04. The zero-order chi connectivity index (χ0) is 46.1. The van der Waals surface area contributed by atoms with Gasteiger partial charge in [0.05, 0.1) is 16.4 Å². The van der Waals surface area contributed by atoms with Crippen LogP contribution in [0.25, 0.3) is 91.9 Å². The molecule has 3 aromatic heterocycles. The number of rotatable bonds is 1. The van der Waals surface area contributed by atoms with Gasteiger partial charge in [-0.3, -0.25) is 0 Å². The van der Waals surface area contributed by atoms with Crippen molar-refractivity contribution >= 4 is 104 Å². The zero-order valence-corrected chi connectivity index (χ0v) is 41.2. The Labute approximate surface area is 402 Å². The number of aromatic nitrogens is 1. The molecule has 0 bridgehead atoms. The minimum absolute atomic E-state index is 0.0315. The number of fused-ring (bicyclic) bond motifs is 19. The van der Waals surface area contributed by atoms with E-state index in [1.54, 1.807) is 0 Å². The fraction of sp³-hybridized carbons (Fsp3) is 0.238. The minimum Gasteiger partial charge on any atom is -0.455 e. The molecule has 11 aromatic rings. The molecule has 2 aliphatic heterocycles. The highest BCUT2D eigenvalue weighted by Gasteiger charge is 2.47. The first kappa shape index (κ1) is 39.4. The zero-order valence-electron chi connectivity index (χ0n) is 40.4. The van der Waals surface area contributed by atoms with Gasteiger partial charge in [0.15, 0.2) is 0 Å². The second kappa shape index (κ2) is 12.6. The molecule has 330 valence electrons. The Kier molecular flexibility index (Phi) is 7.28. The molecular weight excluding hydrogens is 844 g/mol. The van der Waals surface area contributed by atoms with E-state index in [4.69, 9.17) is 4.42 Å². The van der Waals surface area contributed by atoms with Gasteiger partial charge in [0.2, 0.25) is 0 Å². The van der Waals surface area contributed by atoms with Crippen LogP contribution in [-0.4, -0.2) is 11.4 Å². The average molecular weight is 897 g/mol. The standard InChI is InChI=1S/C63H53BN2OS/c1-60(2,3)34-18-20-35(21-19-34)66-51-33-55-43(44-29-47-48(32-54(44)68-55)62(6,7)27-26-61(47,4)5)28-42(51)38-22-23-40-56-50(25-24-39-37-15-11-13-17-53(37)67-59(39)56)65-52-31-46-41(30-49(52)64(66)57(38)58(40)65)36-14-10-12-16-45(36)63(46,8)9/h10-25,28-33H,26-27H2,1-9H3. The van der Waals surface area contributed by atoms with Crippen LogP contribution in [-0.2, 0) is 21.7 Å². The molecule has 0 amide bonds. The monoisotopic (exact) mass is 896 g/mol. The van der Waals surface area contributed by atoms with E-state index in [9.17, 15) is 0 Å². The molecule has 0 atom stereocenters. The van der Waals surface area contributed by atoms with Gasteiger partial charge in [-0.05, 0) is 145 Å². The van der Waals surface area contributed by atoms with Crippen molar-refractivity contribution in [3.05, 3.63) is 161 Å². The predicted octanol–water partition coefficient (Wildman–Crippen LogP) is 16.2. The number of hydrogen-bond donors (Lipinski definition) is 0. The van der Waals surface area contributed by atoms with Gasteiger partial charge in [-0.15, -0.1) is 11.3 Å². The molecule has 2 aliphatic carbocycles. The SMILES string of the molecule is CC(C)(C)c1ccc(N2B3c4cc5c(cc4-n4c6ccc7c8ccccc8oc7c6c6ccc(c3c64)-c3cc4c(cc32)sc2cc3c(cc24)C(C)(C)CCC3(C)C)C(C)(C)c2ccccc2-5)cc1. The molecule has 4 aliphatic rings. The Balaban J connectivity index is 1.10. The van der Waals surface area contributed by atoms with Crippen molar-refractivity contribution in [2.45, 2.75) is 96.8 Å². The topological polar surface area (TPSA) is 21.3 Å². The highest BCUT2D eigenvalue weighted by Crippen LogP contribution is 2.55. The fourth-order valence-electron chi connectivity index (χ4n) is 13.6. The first-order valence-corrected chi connectivity index (χ1v) is 25.6. The summed E-state index contributed by atoms with van der Waals surface area (Å²) in [5.74, 6) is 0. The van der Waals surface area contributed by atoms with Crippen LogP contribution in [0.1, 0.15) is 103 Å². The molecule has 0 N–H and O–H groups in total. The van der Waals surface area contributed by atoms with Crippen LogP contribution in [0.5, 0.6) is 0 Å². The summed E-state index contributed by atoms with van der Waals surface area (Å²) < 4.78 is 12.3. The fourth-order valence-corrected chi connectivity index (χ4v) is 14.7. The summed E-state index contributed by atoms with van der Waals surface area (Å²) in [7, 11) is 0. The first-order chi connectivity index (χ1) is 32.6. The molecule has 68 heavy (non-hydrogen) atoms. The number of benzene rings is 8. The van der Waals surface area contributed by atoms with Crippen molar-refractivity contribution in [1.29, 1.82) is 0 Å². The van der Waals surface area contributed by atoms with Gasteiger partial charge in [0, 0.05) is 64.4 Å². The van der Waals surface area contributed by atoms with Gasteiger partial charge in [-0.2, -0.15) is 0 Å². The second-order valence-corrected chi connectivity index (χ2v) is 24.6. The second-order valence-electron chi connectivity index (χ2n) is 23.5. The van der Waals surface area contributed by atoms with E-state index in [1.165, 1.54) is 133 Å². The maximum Gasteiger partial charge on any atom is 0.333 e. The van der Waals surface area contributed by atoms with E-state index in [-0.39, 0.29) is 28.5 Å². The molecule has 0 unspecified atom stereocenters. The number of furan rings is 1. The van der Waals surface area contributed by atoms with E-state index in [2.05, 4.69) is 205 Å². The van der Waals surface area contributed by atoms with Crippen LogP contribution < -0.4 is 15.7 Å². The van der Waals surface area contributed by atoms with Gasteiger partial charge in [-0.25, -0.2) is 0 Å². The summed E-state index contributed by atoms with van der Waals surface area (Å²) >= 11 is 1.97. The summed E-state index contributed by atoms with van der Waals surface area (Å²) in [6, 6.07) is 52.2. The van der Waals surface area contributed by atoms with E-state index in [0.717, 1.165) is 21.9 Å². The van der Waals surface area contributed by atoms with Crippen molar-refractivity contribution in [1.82, 2.24) is 4.57 Å². The summed E-state index contributed by atoms with van der Waals surface area (Å²) in [5, 5.41) is 7.50. The van der Waals surface area contributed by atoms with Crippen molar-refractivity contribution < 1.29 is 4.42 Å². The van der Waals surface area contributed by atoms with E-state index in [1.807, 2.05) is 11.3 Å². The van der Waals surface area contributed by atoms with Gasteiger partial charge < -0.3 is 13.8 Å². The van der Waals surface area contributed by atoms with Gasteiger partial charge in [0.1, 0.15) is 11.2 Å². The van der Waals surface area contributed by atoms with E-state index >= 15 is 0 Å². The maximum atomic E-state index is 6.94. The van der Waals surface area contributed by atoms with Gasteiger partial charge >= 0.3 is 6.85 Å². The lowest BCUT2D eigenvalue weighted by atomic mass is 9.43. The maximum absolute atomic E-state index is 6.94. The minimum atomic E-state index is -0.158. The lowest BCUT2D eigenvalue weighted by Gasteiger charge is -2.42. The molecule has 0 radical (unpaired) electrons. The van der Waals surface area contributed by atoms with Crippen molar-refractivity contribution in [2.75, 3.05) is 4.81 Å². The number of para-hydroxylation sites is 1. The molecular formula is C63H53BN2OS. The molecule has 0 saturated carbocycles. The smallest absolute Gasteiger partial charge is 0.333 e. The third-order valence-electron chi connectivity index (χ3n) is 17.4. The lowest BCUT2D eigenvalue weighted by molar-refractivity contribution is 0.332. The Morgan fingerprint density at radius 1 is 0.559 bits per heavy atom. The summed E-state index contributed by atoms with van der Waals surface area (Å²) in [6.07, 6.45) is 2.41. The molecule has 0 spiro atoms. The predicted molar refractivity (Wildman–Crippen MR) is 292 cm³/mol. The van der Waals surface area contributed by atoms with Crippen LogP contribution >= 0.6 is 11.3 Å². The number of hydrogen-bond acceptors (Lipinski definition) is 3. The third-order valence-corrected chi connectivity index (χ3v) is 18.5. The molecule has 3 nitrogen and oxygen atoms in total. The number of nitrogens with zero attached hydrogens (tertiary/aromatic N) is 2. The Hall–Kier alpha value is -6.56. The highest BCUT2D eigenvalue weighted by atomic mass is 32.1. The Bertz CT molecular complexity index is 4110. The van der Waals surface area contributed by atoms with Crippen LogP contribution in [0.3, 0.4) is 0 Å². The quantitative estimate of drug-likeness (QED) is 0.153. The van der Waals surface area contributed by atoms with Crippen molar-refractivity contribution in [2.24, 2.45) is 0 Å². The van der Waals surface area contributed by atoms with Crippen LogP contribution in [0.15, 0.2) is 138 Å². The van der Waals surface area contributed by atoms with Crippen LogP contribution in [0.4, 0.5) is 11.4 Å². The molecule has 8 aromatic carbocycles. The van der Waals surface area contributed by atoms with Crippen molar-refractivity contribution in [3.8, 4) is 27.9 Å². The molecule has 15 rings (SSSR count). The summed E-state index contributed by atoms with van der Waals surface area (Å²) in [4.78, 5) is 2.72. The molecule has 5 heterocycles. The van der Waals surface area contributed by atoms with Gasteiger partial charge in [0.25, 0.3) is 0 Å². The summed E-state index contributed by atoms with van der Waals surface area (Å²) in [5.41, 5.74) is 23.4. The molecule has 0 saturated heterocycles. The highest BCUT2D eigenvalue weighted by molar-refractivity contribution is 7.25. The molecule has 5 heteroatoms. The first-order valence-electron chi connectivity index (χ1n) is 24.7. The third kappa shape index (κ3) is 4.86. The Morgan fingerprint density at radius 2 is 1.26 bits per heavy atom. The largest absolute Gasteiger partial charge is 0.455 e. The van der Waals surface area contributed by atoms with E-state index in [0.29, 0.717) is 0 Å². The van der Waals surface area contributed by atoms with Crippen LogP contribution in [0.2, 0.25) is 0 Å². The van der Waals surface area contributed by atoms with Crippen LogP contribution in [0, 0.1) is 0 Å². The van der Waals surface area contributed by atoms with Gasteiger partial charge in [-0.1, -0.05) is 135 Å².